The van der Waals surface area contributed by atoms with E-state index in [0.29, 0.717) is 12.1 Å². The first-order valence-electron chi connectivity index (χ1n) is 5.88. The lowest BCUT2D eigenvalue weighted by Crippen LogP contribution is -2.52. The zero-order chi connectivity index (χ0) is 12.4. The molecule has 0 bridgehead atoms. The Morgan fingerprint density at radius 2 is 2.29 bits per heavy atom. The molecule has 4 heteroatoms. The van der Waals surface area contributed by atoms with Gasteiger partial charge >= 0.3 is 0 Å². The molecule has 0 unspecified atom stereocenters. The van der Waals surface area contributed by atoms with Crippen LogP contribution in [0.3, 0.4) is 0 Å². The van der Waals surface area contributed by atoms with Crippen LogP contribution in [0.15, 0.2) is 18.2 Å². The molecule has 0 aliphatic carbocycles. The Morgan fingerprint density at radius 3 is 3.00 bits per heavy atom. The Balaban J connectivity index is 2.27. The third-order valence-electron chi connectivity index (χ3n) is 3.18. The van der Waals surface area contributed by atoms with Gasteiger partial charge in [0.2, 0.25) is 0 Å². The first-order chi connectivity index (χ1) is 8.11. The van der Waals surface area contributed by atoms with E-state index in [-0.39, 0.29) is 17.5 Å². The van der Waals surface area contributed by atoms with Crippen LogP contribution in [0.4, 0.5) is 4.39 Å². The van der Waals surface area contributed by atoms with Crippen LogP contribution in [0.25, 0.3) is 0 Å². The zero-order valence-corrected chi connectivity index (χ0v) is 10.2. The molecular formula is C13H17FN2O. The first-order valence-corrected chi connectivity index (χ1v) is 5.88. The smallest absolute Gasteiger partial charge is 0.257 e. The van der Waals surface area contributed by atoms with Crippen molar-refractivity contribution >= 4 is 5.91 Å². The molecule has 0 spiro atoms. The molecule has 17 heavy (non-hydrogen) atoms. The van der Waals surface area contributed by atoms with E-state index in [9.17, 15) is 9.18 Å². The van der Waals surface area contributed by atoms with Crippen LogP contribution in [0.1, 0.15) is 22.8 Å². The van der Waals surface area contributed by atoms with Gasteiger partial charge in [-0.15, -0.1) is 0 Å². The molecule has 1 N–H and O–H groups in total. The van der Waals surface area contributed by atoms with Crippen LogP contribution in [-0.2, 0) is 0 Å². The number of benzene rings is 1. The van der Waals surface area contributed by atoms with Gasteiger partial charge in [-0.05, 0) is 25.5 Å². The number of hydrogen-bond donors (Lipinski definition) is 1. The van der Waals surface area contributed by atoms with E-state index in [2.05, 4.69) is 5.32 Å². The predicted molar refractivity (Wildman–Crippen MR) is 64.5 cm³/mol. The van der Waals surface area contributed by atoms with Crippen molar-refractivity contribution < 1.29 is 9.18 Å². The van der Waals surface area contributed by atoms with Crippen molar-refractivity contribution in [1.29, 1.82) is 0 Å². The van der Waals surface area contributed by atoms with Crippen molar-refractivity contribution in [3.8, 4) is 0 Å². The average molecular weight is 236 g/mol. The van der Waals surface area contributed by atoms with Gasteiger partial charge < -0.3 is 10.2 Å². The summed E-state index contributed by atoms with van der Waals surface area (Å²) < 4.78 is 13.9. The lowest BCUT2D eigenvalue weighted by Gasteiger charge is -2.34. The predicted octanol–water partition coefficient (Wildman–Crippen LogP) is 1.57. The number of aryl methyl sites for hydroxylation is 1. The van der Waals surface area contributed by atoms with E-state index in [1.807, 2.05) is 6.92 Å². The van der Waals surface area contributed by atoms with Gasteiger partial charge in [-0.3, -0.25) is 4.79 Å². The van der Waals surface area contributed by atoms with Crippen LogP contribution in [0.5, 0.6) is 0 Å². The Hall–Kier alpha value is -1.42. The standard InChI is InChI=1S/C13H17FN2O/c1-9-4-3-5-11(12(9)14)13(17)16-7-6-15-8-10(16)2/h3-5,10,15H,6-8H2,1-2H3/t10-/m1/s1. The molecule has 1 aliphatic heterocycles. The lowest BCUT2D eigenvalue weighted by atomic mass is 10.1. The third kappa shape index (κ3) is 2.31. The van der Waals surface area contributed by atoms with Gasteiger partial charge in [0.05, 0.1) is 5.56 Å². The third-order valence-corrected chi connectivity index (χ3v) is 3.18. The van der Waals surface area contributed by atoms with Crippen LogP contribution in [0.2, 0.25) is 0 Å². The van der Waals surface area contributed by atoms with Crippen molar-refractivity contribution in [2.75, 3.05) is 19.6 Å². The molecule has 0 aromatic heterocycles. The van der Waals surface area contributed by atoms with Gasteiger partial charge in [0.1, 0.15) is 5.82 Å². The maximum Gasteiger partial charge on any atom is 0.257 e. The molecule has 1 fully saturated rings. The van der Waals surface area contributed by atoms with Crippen molar-refractivity contribution in [3.05, 3.63) is 35.1 Å². The fraction of sp³-hybridized carbons (Fsp3) is 0.462. The minimum absolute atomic E-state index is 0.108. The SMILES string of the molecule is Cc1cccc(C(=O)N2CCNC[C@H]2C)c1F. The topological polar surface area (TPSA) is 32.3 Å². The molecule has 1 atom stereocenters. The maximum absolute atomic E-state index is 13.9. The minimum atomic E-state index is -0.400. The second kappa shape index (κ2) is 4.84. The minimum Gasteiger partial charge on any atom is -0.333 e. The molecule has 1 aromatic carbocycles. The summed E-state index contributed by atoms with van der Waals surface area (Å²) in [7, 11) is 0. The molecule has 0 radical (unpaired) electrons. The number of nitrogens with zero attached hydrogens (tertiary/aromatic N) is 1. The van der Waals surface area contributed by atoms with Crippen molar-refractivity contribution in [3.63, 3.8) is 0 Å². The van der Waals surface area contributed by atoms with Gasteiger partial charge in [-0.25, -0.2) is 4.39 Å². The second-order valence-corrected chi connectivity index (χ2v) is 4.49. The maximum atomic E-state index is 13.9. The van der Waals surface area contributed by atoms with E-state index in [1.165, 1.54) is 0 Å². The molecule has 1 heterocycles. The number of nitrogens with one attached hydrogen (secondary N) is 1. The van der Waals surface area contributed by atoms with Crippen molar-refractivity contribution in [2.45, 2.75) is 19.9 Å². The van der Waals surface area contributed by atoms with Crippen LogP contribution >= 0.6 is 0 Å². The summed E-state index contributed by atoms with van der Waals surface area (Å²) in [5.74, 6) is -0.608. The molecule has 0 saturated carbocycles. The Labute approximate surface area is 101 Å². The highest BCUT2D eigenvalue weighted by Crippen LogP contribution is 2.16. The van der Waals surface area contributed by atoms with E-state index in [4.69, 9.17) is 0 Å². The van der Waals surface area contributed by atoms with E-state index in [1.54, 1.807) is 30.0 Å². The Bertz CT molecular complexity index is 433. The summed E-state index contributed by atoms with van der Waals surface area (Å²) >= 11 is 0. The van der Waals surface area contributed by atoms with E-state index >= 15 is 0 Å². The number of amides is 1. The molecule has 1 saturated heterocycles. The number of rotatable bonds is 1. The fourth-order valence-electron chi connectivity index (χ4n) is 2.11. The van der Waals surface area contributed by atoms with Crippen molar-refractivity contribution in [1.82, 2.24) is 10.2 Å². The lowest BCUT2D eigenvalue weighted by molar-refractivity contribution is 0.0651. The monoisotopic (exact) mass is 236 g/mol. The van der Waals surface area contributed by atoms with Gasteiger partial charge in [0.15, 0.2) is 0 Å². The highest BCUT2D eigenvalue weighted by molar-refractivity contribution is 5.95. The molecular weight excluding hydrogens is 219 g/mol. The number of halogens is 1. The summed E-state index contributed by atoms with van der Waals surface area (Å²) in [6.07, 6.45) is 0. The summed E-state index contributed by atoms with van der Waals surface area (Å²) in [5, 5.41) is 3.21. The second-order valence-electron chi connectivity index (χ2n) is 4.49. The largest absolute Gasteiger partial charge is 0.333 e. The van der Waals surface area contributed by atoms with Crippen LogP contribution in [0, 0.1) is 12.7 Å². The van der Waals surface area contributed by atoms with Gasteiger partial charge in [0.25, 0.3) is 5.91 Å². The molecule has 92 valence electrons. The summed E-state index contributed by atoms with van der Waals surface area (Å²) in [6, 6.07) is 5.06. The zero-order valence-electron chi connectivity index (χ0n) is 10.2. The Kier molecular flexibility index (Phi) is 3.43. The average Bonchev–Trinajstić information content (AvgIpc) is 2.32. The van der Waals surface area contributed by atoms with Gasteiger partial charge in [-0.2, -0.15) is 0 Å². The van der Waals surface area contributed by atoms with E-state index < -0.39 is 5.82 Å². The number of carbonyl (C=O) groups is 1. The van der Waals surface area contributed by atoms with Crippen molar-refractivity contribution in [2.24, 2.45) is 0 Å². The normalized spacial score (nSPS) is 20.4. The fourth-order valence-corrected chi connectivity index (χ4v) is 2.11. The molecule has 1 aromatic rings. The number of carbonyl (C=O) groups excluding carboxylic acids is 1. The number of piperazine rings is 1. The first kappa shape index (κ1) is 12.0. The van der Waals surface area contributed by atoms with Gasteiger partial charge in [-0.1, -0.05) is 12.1 Å². The Morgan fingerprint density at radius 1 is 1.53 bits per heavy atom. The summed E-state index contributed by atoms with van der Waals surface area (Å²) in [4.78, 5) is 14.0. The number of hydrogen-bond acceptors (Lipinski definition) is 2. The van der Waals surface area contributed by atoms with Crippen LogP contribution < -0.4 is 5.32 Å². The quantitative estimate of drug-likeness (QED) is 0.802. The molecule has 1 aliphatic rings. The van der Waals surface area contributed by atoms with Gasteiger partial charge in [0, 0.05) is 25.7 Å². The van der Waals surface area contributed by atoms with Crippen LogP contribution in [-0.4, -0.2) is 36.5 Å². The van der Waals surface area contributed by atoms with E-state index in [0.717, 1.165) is 13.1 Å². The highest BCUT2D eigenvalue weighted by Gasteiger charge is 2.26. The molecule has 2 rings (SSSR count). The molecule has 3 nitrogen and oxygen atoms in total. The summed E-state index contributed by atoms with van der Waals surface area (Å²) in [6.45, 7) is 5.81. The summed E-state index contributed by atoms with van der Waals surface area (Å²) in [5.41, 5.74) is 0.692. The highest BCUT2D eigenvalue weighted by atomic mass is 19.1. The molecule has 1 amide bonds.